The van der Waals surface area contributed by atoms with Crippen LogP contribution in [0, 0.1) is 0 Å². The Labute approximate surface area is 175 Å². The van der Waals surface area contributed by atoms with Crippen LogP contribution in [0.2, 0.25) is 0 Å². The highest BCUT2D eigenvalue weighted by molar-refractivity contribution is 5.95. The summed E-state index contributed by atoms with van der Waals surface area (Å²) in [7, 11) is 0. The number of aromatic nitrogens is 2. The number of nitrogens with one attached hydrogen (secondary N) is 1. The van der Waals surface area contributed by atoms with Crippen LogP contribution in [-0.2, 0) is 24.1 Å². The van der Waals surface area contributed by atoms with Crippen LogP contribution < -0.4 is 5.32 Å². The Balaban J connectivity index is 1.56. The van der Waals surface area contributed by atoms with Crippen molar-refractivity contribution in [2.45, 2.75) is 19.3 Å². The zero-order valence-electron chi connectivity index (χ0n) is 16.5. The molecular formula is C26H21N3O. The van der Waals surface area contributed by atoms with Gasteiger partial charge in [0.1, 0.15) is 5.69 Å². The van der Waals surface area contributed by atoms with Crippen molar-refractivity contribution in [3.05, 3.63) is 102 Å². The van der Waals surface area contributed by atoms with Gasteiger partial charge >= 0.3 is 0 Å². The van der Waals surface area contributed by atoms with Gasteiger partial charge in [0.15, 0.2) is 5.82 Å². The standard InChI is InChI=1S/C26H21N3O/c30-23(17-18-9-3-1-4-10-18)28-26-24(20-12-5-2-6-13-20)29-25-21-14-8-7-11-19(21)15-16-22(25)27-26/h1-14H,15-17H2,(H,27,28,30). The number of aryl methyl sites for hydroxylation is 2. The molecule has 1 aliphatic rings. The number of benzene rings is 3. The predicted octanol–water partition coefficient (Wildman–Crippen LogP) is 5.09. The van der Waals surface area contributed by atoms with Crippen LogP contribution in [0.1, 0.15) is 16.8 Å². The summed E-state index contributed by atoms with van der Waals surface area (Å²) in [5.41, 5.74) is 6.87. The van der Waals surface area contributed by atoms with E-state index in [1.807, 2.05) is 66.7 Å². The lowest BCUT2D eigenvalue weighted by molar-refractivity contribution is -0.115. The maximum atomic E-state index is 12.8. The summed E-state index contributed by atoms with van der Waals surface area (Å²) >= 11 is 0. The van der Waals surface area contributed by atoms with Crippen molar-refractivity contribution >= 4 is 11.7 Å². The second-order valence-corrected chi connectivity index (χ2v) is 7.45. The van der Waals surface area contributed by atoms with Crippen molar-refractivity contribution in [2.24, 2.45) is 0 Å². The fourth-order valence-electron chi connectivity index (χ4n) is 3.92. The fraction of sp³-hybridized carbons (Fsp3) is 0.115. The largest absolute Gasteiger partial charge is 0.309 e. The first-order chi connectivity index (χ1) is 14.8. The third-order valence-corrected chi connectivity index (χ3v) is 5.38. The van der Waals surface area contributed by atoms with Gasteiger partial charge in [-0.25, -0.2) is 9.97 Å². The number of amides is 1. The molecule has 0 atom stereocenters. The van der Waals surface area contributed by atoms with Crippen molar-refractivity contribution in [3.8, 4) is 22.5 Å². The van der Waals surface area contributed by atoms with Gasteiger partial charge in [0.25, 0.3) is 0 Å². The van der Waals surface area contributed by atoms with Gasteiger partial charge < -0.3 is 5.32 Å². The van der Waals surface area contributed by atoms with E-state index >= 15 is 0 Å². The lowest BCUT2D eigenvalue weighted by Gasteiger charge is -2.21. The number of fused-ring (bicyclic) bond motifs is 3. The lowest BCUT2D eigenvalue weighted by atomic mass is 9.91. The molecule has 4 aromatic rings. The fourth-order valence-corrected chi connectivity index (χ4v) is 3.92. The molecule has 0 bridgehead atoms. The molecule has 0 saturated heterocycles. The number of anilines is 1. The molecule has 0 unspecified atom stereocenters. The van der Waals surface area contributed by atoms with Crippen LogP contribution in [-0.4, -0.2) is 15.9 Å². The Kier molecular flexibility index (Phi) is 4.81. The van der Waals surface area contributed by atoms with E-state index in [0.717, 1.165) is 40.9 Å². The molecule has 1 N–H and O–H groups in total. The molecule has 146 valence electrons. The van der Waals surface area contributed by atoms with Crippen LogP contribution in [0.5, 0.6) is 0 Å². The molecule has 0 fully saturated rings. The zero-order valence-corrected chi connectivity index (χ0v) is 16.5. The number of carbonyl (C=O) groups is 1. The molecule has 0 aliphatic heterocycles. The van der Waals surface area contributed by atoms with Crippen LogP contribution in [0.25, 0.3) is 22.5 Å². The highest BCUT2D eigenvalue weighted by atomic mass is 16.1. The second-order valence-electron chi connectivity index (χ2n) is 7.45. The number of nitrogens with zero attached hydrogens (tertiary/aromatic N) is 2. The van der Waals surface area contributed by atoms with Gasteiger partial charge in [-0.05, 0) is 24.0 Å². The second kappa shape index (κ2) is 7.91. The maximum Gasteiger partial charge on any atom is 0.230 e. The van der Waals surface area contributed by atoms with Gasteiger partial charge in [-0.3, -0.25) is 4.79 Å². The van der Waals surface area contributed by atoms with E-state index in [1.54, 1.807) is 0 Å². The average molecular weight is 391 g/mol. The van der Waals surface area contributed by atoms with E-state index in [0.29, 0.717) is 17.9 Å². The number of hydrogen-bond acceptors (Lipinski definition) is 3. The lowest BCUT2D eigenvalue weighted by Crippen LogP contribution is -2.18. The molecule has 1 aliphatic carbocycles. The van der Waals surface area contributed by atoms with Crippen molar-refractivity contribution in [2.75, 3.05) is 5.32 Å². The molecule has 0 saturated carbocycles. The van der Waals surface area contributed by atoms with Gasteiger partial charge in [0.2, 0.25) is 5.91 Å². The molecule has 4 nitrogen and oxygen atoms in total. The van der Waals surface area contributed by atoms with Gasteiger partial charge in [0, 0.05) is 11.1 Å². The summed E-state index contributed by atoms with van der Waals surface area (Å²) in [5.74, 6) is 0.434. The van der Waals surface area contributed by atoms with Gasteiger partial charge in [-0.15, -0.1) is 0 Å². The van der Waals surface area contributed by atoms with Crippen molar-refractivity contribution < 1.29 is 4.79 Å². The molecule has 5 rings (SSSR count). The number of rotatable bonds is 4. The van der Waals surface area contributed by atoms with Crippen LogP contribution >= 0.6 is 0 Å². The topological polar surface area (TPSA) is 54.9 Å². The minimum atomic E-state index is -0.0937. The van der Waals surface area contributed by atoms with E-state index in [2.05, 4.69) is 23.5 Å². The summed E-state index contributed by atoms with van der Waals surface area (Å²) in [5, 5.41) is 3.02. The predicted molar refractivity (Wildman–Crippen MR) is 119 cm³/mol. The van der Waals surface area contributed by atoms with Crippen molar-refractivity contribution in [3.63, 3.8) is 0 Å². The average Bonchev–Trinajstić information content (AvgIpc) is 2.79. The van der Waals surface area contributed by atoms with E-state index < -0.39 is 0 Å². The molecule has 1 aromatic heterocycles. The zero-order chi connectivity index (χ0) is 20.3. The highest BCUT2D eigenvalue weighted by Gasteiger charge is 2.22. The van der Waals surface area contributed by atoms with E-state index in [4.69, 9.17) is 9.97 Å². The first-order valence-electron chi connectivity index (χ1n) is 10.2. The SMILES string of the molecule is O=C(Cc1ccccc1)Nc1nc2c(nc1-c1ccccc1)-c1ccccc1CC2. The summed E-state index contributed by atoms with van der Waals surface area (Å²) in [4.78, 5) is 22.6. The van der Waals surface area contributed by atoms with Crippen molar-refractivity contribution in [1.82, 2.24) is 9.97 Å². The van der Waals surface area contributed by atoms with E-state index in [-0.39, 0.29) is 5.91 Å². The molecule has 3 aromatic carbocycles. The third kappa shape index (κ3) is 3.60. The summed E-state index contributed by atoms with van der Waals surface area (Å²) < 4.78 is 0. The molecule has 4 heteroatoms. The normalized spacial score (nSPS) is 12.0. The Morgan fingerprint density at radius 3 is 2.27 bits per heavy atom. The minimum Gasteiger partial charge on any atom is -0.309 e. The van der Waals surface area contributed by atoms with Gasteiger partial charge in [0.05, 0.1) is 17.8 Å². The smallest absolute Gasteiger partial charge is 0.230 e. The Bertz CT molecular complexity index is 1200. The quantitative estimate of drug-likeness (QED) is 0.527. The summed E-state index contributed by atoms with van der Waals surface area (Å²) in [6.07, 6.45) is 2.05. The summed E-state index contributed by atoms with van der Waals surface area (Å²) in [6, 6.07) is 28.0. The van der Waals surface area contributed by atoms with Crippen molar-refractivity contribution in [1.29, 1.82) is 0 Å². The van der Waals surface area contributed by atoms with Crippen LogP contribution in [0.3, 0.4) is 0 Å². The Morgan fingerprint density at radius 2 is 1.47 bits per heavy atom. The minimum absolute atomic E-state index is 0.0937. The third-order valence-electron chi connectivity index (χ3n) is 5.38. The maximum absolute atomic E-state index is 12.8. The Morgan fingerprint density at radius 1 is 0.767 bits per heavy atom. The number of carbonyl (C=O) groups excluding carboxylic acids is 1. The first-order valence-corrected chi connectivity index (χ1v) is 10.2. The molecule has 0 radical (unpaired) electrons. The van der Waals surface area contributed by atoms with Gasteiger partial charge in [-0.2, -0.15) is 0 Å². The molecule has 0 spiro atoms. The summed E-state index contributed by atoms with van der Waals surface area (Å²) in [6.45, 7) is 0. The van der Waals surface area contributed by atoms with E-state index in [1.165, 1.54) is 5.56 Å². The first kappa shape index (κ1) is 18.3. The van der Waals surface area contributed by atoms with E-state index in [9.17, 15) is 4.79 Å². The van der Waals surface area contributed by atoms with Gasteiger partial charge in [-0.1, -0.05) is 84.9 Å². The highest BCUT2D eigenvalue weighted by Crippen LogP contribution is 2.35. The van der Waals surface area contributed by atoms with Crippen LogP contribution in [0.15, 0.2) is 84.9 Å². The van der Waals surface area contributed by atoms with Crippen LogP contribution in [0.4, 0.5) is 5.82 Å². The molecule has 30 heavy (non-hydrogen) atoms. The Hall–Kier alpha value is -3.79. The molecule has 1 heterocycles. The molecule has 1 amide bonds. The number of hydrogen-bond donors (Lipinski definition) is 1. The monoisotopic (exact) mass is 391 g/mol. The molecular weight excluding hydrogens is 370 g/mol.